The van der Waals surface area contributed by atoms with E-state index in [0.29, 0.717) is 5.02 Å². The van der Waals surface area contributed by atoms with E-state index in [4.69, 9.17) is 11.6 Å². The summed E-state index contributed by atoms with van der Waals surface area (Å²) in [6, 6.07) is 5.39. The summed E-state index contributed by atoms with van der Waals surface area (Å²) in [4.78, 5) is 14.2. The van der Waals surface area contributed by atoms with Crippen LogP contribution >= 0.6 is 27.5 Å². The van der Waals surface area contributed by atoms with Crippen LogP contribution in [0.4, 0.5) is 0 Å². The number of alkyl halides is 1. The number of carbonyl (C=O) groups excluding carboxylic acids is 1. The summed E-state index contributed by atoms with van der Waals surface area (Å²) >= 11 is 9.27. The molecule has 4 heteroatoms. The molecule has 0 heterocycles. The average molecular weight is 319 g/mol. The van der Waals surface area contributed by atoms with Gasteiger partial charge < -0.3 is 4.90 Å². The van der Waals surface area contributed by atoms with E-state index < -0.39 is 0 Å². The Hall–Kier alpha value is -0.540. The molecule has 1 aromatic rings. The molecule has 0 atom stereocenters. The van der Waals surface area contributed by atoms with Crippen LogP contribution < -0.4 is 0 Å². The van der Waals surface area contributed by atoms with Gasteiger partial charge in [0.2, 0.25) is 0 Å². The molecule has 0 aliphatic heterocycles. The van der Waals surface area contributed by atoms with Crippen molar-refractivity contribution in [2.24, 2.45) is 0 Å². The number of hydrogen-bond acceptors (Lipinski definition) is 1. The highest BCUT2D eigenvalue weighted by atomic mass is 79.9. The molecule has 0 aliphatic carbocycles. The van der Waals surface area contributed by atoms with Gasteiger partial charge in [0.25, 0.3) is 5.91 Å². The van der Waals surface area contributed by atoms with Crippen LogP contribution in [0.25, 0.3) is 0 Å². The summed E-state index contributed by atoms with van der Waals surface area (Å²) in [6.07, 6.45) is 0.964. The molecule has 0 bridgehead atoms. The maximum Gasteiger partial charge on any atom is 0.254 e. The molecule has 0 unspecified atom stereocenters. The predicted octanol–water partition coefficient (Wildman–Crippen LogP) is 3.90. The molecule has 0 N–H and O–H groups in total. The van der Waals surface area contributed by atoms with Crippen molar-refractivity contribution in [3.8, 4) is 0 Å². The Morgan fingerprint density at radius 1 is 1.41 bits per heavy atom. The van der Waals surface area contributed by atoms with Gasteiger partial charge in [0.1, 0.15) is 0 Å². The van der Waals surface area contributed by atoms with Gasteiger partial charge in [-0.1, -0.05) is 34.5 Å². The Morgan fingerprint density at radius 2 is 2.12 bits per heavy atom. The summed E-state index contributed by atoms with van der Waals surface area (Å²) in [7, 11) is 0. The Bertz CT molecular complexity index is 389. The fraction of sp³-hybridized carbons (Fsp3) is 0.462. The monoisotopic (exact) mass is 317 g/mol. The third kappa shape index (κ3) is 4.00. The molecular formula is C13H17BrClNO. The highest BCUT2D eigenvalue weighted by Gasteiger charge is 2.16. The van der Waals surface area contributed by atoms with Gasteiger partial charge in [-0.05, 0) is 37.1 Å². The van der Waals surface area contributed by atoms with E-state index >= 15 is 0 Å². The highest BCUT2D eigenvalue weighted by Crippen LogP contribution is 2.17. The lowest BCUT2D eigenvalue weighted by atomic mass is 10.1. The summed E-state index contributed by atoms with van der Waals surface area (Å²) in [6.45, 7) is 5.50. The van der Waals surface area contributed by atoms with Crippen molar-refractivity contribution >= 4 is 33.4 Å². The topological polar surface area (TPSA) is 20.3 Å². The quantitative estimate of drug-likeness (QED) is 0.754. The highest BCUT2D eigenvalue weighted by molar-refractivity contribution is 9.09. The summed E-state index contributed by atoms with van der Waals surface area (Å²) in [5.74, 6) is 0.0838. The minimum atomic E-state index is 0.0838. The largest absolute Gasteiger partial charge is 0.338 e. The molecule has 17 heavy (non-hydrogen) atoms. The molecule has 0 aliphatic rings. The maximum atomic E-state index is 12.3. The van der Waals surface area contributed by atoms with E-state index in [2.05, 4.69) is 22.9 Å². The Kier molecular flexibility index (Phi) is 6.00. The Morgan fingerprint density at radius 3 is 2.65 bits per heavy atom. The molecule has 1 aromatic carbocycles. The van der Waals surface area contributed by atoms with Crippen LogP contribution in [-0.4, -0.2) is 29.2 Å². The molecule has 0 saturated carbocycles. The predicted molar refractivity (Wildman–Crippen MR) is 76.2 cm³/mol. The van der Waals surface area contributed by atoms with Gasteiger partial charge in [0, 0.05) is 29.0 Å². The molecule has 1 amide bonds. The fourth-order valence-electron chi connectivity index (χ4n) is 1.72. The third-order valence-electron chi connectivity index (χ3n) is 2.55. The first-order valence-electron chi connectivity index (χ1n) is 5.71. The number of nitrogens with zero attached hydrogens (tertiary/aromatic N) is 1. The number of halogens is 2. The maximum absolute atomic E-state index is 12.3. The van der Waals surface area contributed by atoms with E-state index in [9.17, 15) is 4.79 Å². The molecule has 0 fully saturated rings. The lowest BCUT2D eigenvalue weighted by molar-refractivity contribution is 0.0766. The average Bonchev–Trinajstić information content (AvgIpc) is 2.28. The van der Waals surface area contributed by atoms with Crippen LogP contribution in [0.2, 0.25) is 5.02 Å². The van der Waals surface area contributed by atoms with Crippen LogP contribution in [0.5, 0.6) is 0 Å². The third-order valence-corrected chi connectivity index (χ3v) is 3.14. The molecule has 0 aromatic heterocycles. The van der Waals surface area contributed by atoms with Crippen molar-refractivity contribution in [1.82, 2.24) is 4.90 Å². The summed E-state index contributed by atoms with van der Waals surface area (Å²) in [5.41, 5.74) is 1.67. The molecule has 0 spiro atoms. The summed E-state index contributed by atoms with van der Waals surface area (Å²) in [5, 5.41) is 1.47. The number of hydrogen-bond donors (Lipinski definition) is 0. The van der Waals surface area contributed by atoms with Crippen LogP contribution in [0.15, 0.2) is 18.2 Å². The lowest BCUT2D eigenvalue weighted by Crippen LogP contribution is -2.33. The molecule has 2 nitrogen and oxygen atoms in total. The van der Waals surface area contributed by atoms with Crippen molar-refractivity contribution in [2.45, 2.75) is 20.3 Å². The first-order valence-corrected chi connectivity index (χ1v) is 7.21. The number of aryl methyl sites for hydroxylation is 1. The van der Waals surface area contributed by atoms with Crippen molar-refractivity contribution in [3.63, 3.8) is 0 Å². The van der Waals surface area contributed by atoms with Gasteiger partial charge in [0.05, 0.1) is 0 Å². The van der Waals surface area contributed by atoms with E-state index in [-0.39, 0.29) is 5.91 Å². The number of rotatable bonds is 5. The normalized spacial score (nSPS) is 10.4. The van der Waals surface area contributed by atoms with E-state index in [0.717, 1.165) is 36.0 Å². The lowest BCUT2D eigenvalue weighted by Gasteiger charge is -2.22. The second-order valence-electron chi connectivity index (χ2n) is 3.94. The van der Waals surface area contributed by atoms with Crippen LogP contribution in [0, 0.1) is 6.92 Å². The zero-order valence-corrected chi connectivity index (χ0v) is 12.5. The van der Waals surface area contributed by atoms with Gasteiger partial charge in [-0.3, -0.25) is 4.79 Å². The van der Waals surface area contributed by atoms with Gasteiger partial charge >= 0.3 is 0 Å². The van der Waals surface area contributed by atoms with Crippen molar-refractivity contribution in [1.29, 1.82) is 0 Å². The molecule has 0 saturated heterocycles. The first kappa shape index (κ1) is 14.5. The zero-order valence-electron chi connectivity index (χ0n) is 10.2. The zero-order chi connectivity index (χ0) is 12.8. The SMILES string of the molecule is CCCN(CCBr)C(=O)c1ccc(Cl)cc1C. The van der Waals surface area contributed by atoms with Gasteiger partial charge in [-0.15, -0.1) is 0 Å². The minimum absolute atomic E-state index is 0.0838. The van der Waals surface area contributed by atoms with E-state index in [1.165, 1.54) is 0 Å². The van der Waals surface area contributed by atoms with Crippen LogP contribution in [-0.2, 0) is 0 Å². The van der Waals surface area contributed by atoms with Crippen LogP contribution in [0.1, 0.15) is 29.3 Å². The first-order chi connectivity index (χ1) is 8.10. The van der Waals surface area contributed by atoms with E-state index in [1.807, 2.05) is 17.9 Å². The molecule has 0 radical (unpaired) electrons. The summed E-state index contributed by atoms with van der Waals surface area (Å²) < 4.78 is 0. The van der Waals surface area contributed by atoms with Crippen molar-refractivity contribution in [2.75, 3.05) is 18.4 Å². The van der Waals surface area contributed by atoms with Crippen LogP contribution in [0.3, 0.4) is 0 Å². The molecular weight excluding hydrogens is 302 g/mol. The smallest absolute Gasteiger partial charge is 0.254 e. The van der Waals surface area contributed by atoms with Gasteiger partial charge in [-0.2, -0.15) is 0 Å². The standard InChI is InChI=1S/C13H17BrClNO/c1-3-7-16(8-6-14)13(17)12-5-4-11(15)9-10(12)2/h4-5,9H,3,6-8H2,1-2H3. The molecule has 1 rings (SSSR count). The number of amides is 1. The number of benzene rings is 1. The molecule has 94 valence electrons. The van der Waals surface area contributed by atoms with Crippen molar-refractivity contribution in [3.05, 3.63) is 34.3 Å². The van der Waals surface area contributed by atoms with Crippen molar-refractivity contribution < 1.29 is 4.79 Å². The Balaban J connectivity index is 2.92. The Labute approximate surface area is 116 Å². The fourth-order valence-corrected chi connectivity index (χ4v) is 2.38. The minimum Gasteiger partial charge on any atom is -0.338 e. The van der Waals surface area contributed by atoms with Gasteiger partial charge in [-0.25, -0.2) is 0 Å². The van der Waals surface area contributed by atoms with Gasteiger partial charge in [0.15, 0.2) is 0 Å². The van der Waals surface area contributed by atoms with E-state index in [1.54, 1.807) is 12.1 Å². The number of carbonyl (C=O) groups is 1. The second-order valence-corrected chi connectivity index (χ2v) is 5.17. The second kappa shape index (κ2) is 7.02.